The van der Waals surface area contributed by atoms with Crippen molar-refractivity contribution in [2.45, 2.75) is 32.9 Å². The van der Waals surface area contributed by atoms with Crippen LogP contribution < -0.4 is 5.32 Å². The molecule has 27 heavy (non-hydrogen) atoms. The van der Waals surface area contributed by atoms with E-state index in [1.54, 1.807) is 0 Å². The van der Waals surface area contributed by atoms with Crippen LogP contribution in [0.1, 0.15) is 28.8 Å². The second-order valence-corrected chi connectivity index (χ2v) is 7.82. The number of aromatic nitrogens is 4. The zero-order chi connectivity index (χ0) is 18.6. The minimum absolute atomic E-state index is 0.0845. The Hall–Kier alpha value is -2.58. The van der Waals surface area contributed by atoms with Crippen molar-refractivity contribution in [2.75, 3.05) is 18.4 Å². The van der Waals surface area contributed by atoms with Crippen LogP contribution in [-0.4, -0.2) is 43.6 Å². The molecular weight excluding hydrogens is 360 g/mol. The van der Waals surface area contributed by atoms with Crippen LogP contribution in [0.4, 0.5) is 5.13 Å². The number of thiazole rings is 1. The number of anilines is 1. The molecule has 0 aliphatic carbocycles. The molecule has 1 aliphatic rings. The summed E-state index contributed by atoms with van der Waals surface area (Å²) in [5.74, 6) is -0.0845. The van der Waals surface area contributed by atoms with Crippen LogP contribution in [0.25, 0.3) is 0 Å². The maximum atomic E-state index is 11.1. The van der Waals surface area contributed by atoms with Gasteiger partial charge in [-0.3, -0.25) is 19.4 Å². The summed E-state index contributed by atoms with van der Waals surface area (Å²) in [6, 6.07) is 5.96. The van der Waals surface area contributed by atoms with Crippen LogP contribution in [0, 0.1) is 0 Å². The predicted molar refractivity (Wildman–Crippen MR) is 105 cm³/mol. The molecule has 0 bridgehead atoms. The molecule has 0 saturated carbocycles. The second-order valence-electron chi connectivity index (χ2n) is 6.71. The number of fused-ring (bicyclic) bond motifs is 1. The van der Waals surface area contributed by atoms with Gasteiger partial charge in [0.05, 0.1) is 17.9 Å². The van der Waals surface area contributed by atoms with E-state index in [-0.39, 0.29) is 5.91 Å². The molecule has 0 saturated heterocycles. The lowest BCUT2D eigenvalue weighted by Gasteiger charge is -2.18. The van der Waals surface area contributed by atoms with Gasteiger partial charge in [-0.25, -0.2) is 4.98 Å². The van der Waals surface area contributed by atoms with Gasteiger partial charge >= 0.3 is 0 Å². The summed E-state index contributed by atoms with van der Waals surface area (Å²) < 4.78 is 2.01. The fourth-order valence-electron chi connectivity index (χ4n) is 3.28. The third-order valence-electron chi connectivity index (χ3n) is 4.55. The fraction of sp³-hybridized carbons (Fsp3) is 0.368. The van der Waals surface area contributed by atoms with E-state index in [1.165, 1.54) is 34.4 Å². The first kappa shape index (κ1) is 17.8. The van der Waals surface area contributed by atoms with Gasteiger partial charge in [0.15, 0.2) is 5.13 Å². The molecule has 0 aromatic carbocycles. The summed E-state index contributed by atoms with van der Waals surface area (Å²) in [5, 5.41) is 8.19. The normalized spacial score (nSPS) is 14.6. The Kier molecular flexibility index (Phi) is 5.26. The van der Waals surface area contributed by atoms with Crippen molar-refractivity contribution in [2.24, 2.45) is 0 Å². The van der Waals surface area contributed by atoms with Crippen LogP contribution in [0.5, 0.6) is 0 Å². The van der Waals surface area contributed by atoms with Crippen LogP contribution in [-0.2, 0) is 30.7 Å². The Morgan fingerprint density at radius 3 is 2.93 bits per heavy atom. The number of nitrogens with zero attached hydrogens (tertiary/aromatic N) is 5. The number of hydrogen-bond donors (Lipinski definition) is 1. The SMILES string of the molecule is CC(=O)Nc1ncc(CN2CCc3cn(Cc4ccccn4)nc3CC2)s1. The van der Waals surface area contributed by atoms with Gasteiger partial charge in [-0.1, -0.05) is 6.07 Å². The van der Waals surface area contributed by atoms with E-state index in [1.807, 2.05) is 35.3 Å². The zero-order valence-corrected chi connectivity index (χ0v) is 16.1. The highest BCUT2D eigenvalue weighted by Gasteiger charge is 2.18. The van der Waals surface area contributed by atoms with Gasteiger partial charge < -0.3 is 5.32 Å². The Morgan fingerprint density at radius 2 is 2.11 bits per heavy atom. The van der Waals surface area contributed by atoms with Crippen LogP contribution in [0.15, 0.2) is 36.8 Å². The Balaban J connectivity index is 1.35. The first-order valence-electron chi connectivity index (χ1n) is 9.05. The molecule has 1 amide bonds. The number of carbonyl (C=O) groups excluding carboxylic acids is 1. The van der Waals surface area contributed by atoms with Gasteiger partial charge in [-0.05, 0) is 24.1 Å². The van der Waals surface area contributed by atoms with Crippen molar-refractivity contribution >= 4 is 22.4 Å². The Bertz CT molecular complexity index is 894. The number of nitrogens with one attached hydrogen (secondary N) is 1. The molecule has 4 rings (SSSR count). The molecule has 1 N–H and O–H groups in total. The molecule has 8 heteroatoms. The highest BCUT2D eigenvalue weighted by Crippen LogP contribution is 2.22. The monoisotopic (exact) mass is 382 g/mol. The molecule has 3 aromatic heterocycles. The molecule has 3 aromatic rings. The molecule has 0 unspecified atom stereocenters. The number of pyridine rings is 1. The number of hydrogen-bond acceptors (Lipinski definition) is 6. The van der Waals surface area contributed by atoms with Gasteiger partial charge in [-0.2, -0.15) is 5.10 Å². The topological polar surface area (TPSA) is 75.9 Å². The van der Waals surface area contributed by atoms with Crippen LogP contribution >= 0.6 is 11.3 Å². The van der Waals surface area contributed by atoms with E-state index >= 15 is 0 Å². The van der Waals surface area contributed by atoms with Crippen molar-refractivity contribution in [3.63, 3.8) is 0 Å². The molecule has 4 heterocycles. The second kappa shape index (κ2) is 7.98. The number of amides is 1. The number of carbonyl (C=O) groups is 1. The standard InChI is InChI=1S/C19H22N6OS/c1-14(26)22-19-21-10-17(27-19)13-24-8-5-15-11-25(23-18(15)6-9-24)12-16-4-2-3-7-20-16/h2-4,7,10-11H,5-6,8-9,12-13H2,1H3,(H,21,22,26). The highest BCUT2D eigenvalue weighted by molar-refractivity contribution is 7.15. The largest absolute Gasteiger partial charge is 0.302 e. The van der Waals surface area contributed by atoms with Gasteiger partial charge in [0.25, 0.3) is 0 Å². The number of rotatable bonds is 5. The van der Waals surface area contributed by atoms with Gasteiger partial charge in [0.1, 0.15) is 0 Å². The minimum atomic E-state index is -0.0845. The third kappa shape index (κ3) is 4.58. The van der Waals surface area contributed by atoms with Crippen molar-refractivity contribution in [3.8, 4) is 0 Å². The summed E-state index contributed by atoms with van der Waals surface area (Å²) in [6.07, 6.45) is 7.78. The molecule has 0 spiro atoms. The predicted octanol–water partition coefficient (Wildman–Crippen LogP) is 2.34. The zero-order valence-electron chi connectivity index (χ0n) is 15.3. The summed E-state index contributed by atoms with van der Waals surface area (Å²) >= 11 is 1.54. The Morgan fingerprint density at radius 1 is 1.22 bits per heavy atom. The summed E-state index contributed by atoms with van der Waals surface area (Å²) in [7, 11) is 0. The third-order valence-corrected chi connectivity index (χ3v) is 5.45. The van der Waals surface area contributed by atoms with E-state index in [2.05, 4.69) is 26.4 Å². The highest BCUT2D eigenvalue weighted by atomic mass is 32.1. The summed E-state index contributed by atoms with van der Waals surface area (Å²) in [6.45, 7) is 5.04. The molecular formula is C19H22N6OS. The van der Waals surface area contributed by atoms with Gasteiger partial charge in [-0.15, -0.1) is 11.3 Å². The minimum Gasteiger partial charge on any atom is -0.302 e. The fourth-order valence-corrected chi connectivity index (χ4v) is 4.18. The molecule has 140 valence electrons. The Labute approximate surface area is 162 Å². The van der Waals surface area contributed by atoms with Crippen molar-refractivity contribution in [1.82, 2.24) is 24.6 Å². The first-order valence-corrected chi connectivity index (χ1v) is 9.87. The van der Waals surface area contributed by atoms with E-state index in [4.69, 9.17) is 5.10 Å². The molecule has 0 fully saturated rings. The maximum Gasteiger partial charge on any atom is 0.223 e. The van der Waals surface area contributed by atoms with Crippen LogP contribution in [0.3, 0.4) is 0 Å². The molecule has 1 aliphatic heterocycles. The van der Waals surface area contributed by atoms with Crippen molar-refractivity contribution in [1.29, 1.82) is 0 Å². The molecule has 0 radical (unpaired) electrons. The molecule has 0 atom stereocenters. The van der Waals surface area contributed by atoms with Gasteiger partial charge in [0, 0.05) is 56.4 Å². The van der Waals surface area contributed by atoms with Crippen molar-refractivity contribution < 1.29 is 4.79 Å². The van der Waals surface area contributed by atoms with Crippen LogP contribution in [0.2, 0.25) is 0 Å². The maximum absolute atomic E-state index is 11.1. The van der Waals surface area contributed by atoms with Gasteiger partial charge in [0.2, 0.25) is 5.91 Å². The lowest BCUT2D eigenvalue weighted by molar-refractivity contribution is -0.114. The quantitative estimate of drug-likeness (QED) is 0.733. The smallest absolute Gasteiger partial charge is 0.223 e. The summed E-state index contributed by atoms with van der Waals surface area (Å²) in [4.78, 5) is 23.4. The van der Waals surface area contributed by atoms with E-state index in [0.29, 0.717) is 11.7 Å². The van der Waals surface area contributed by atoms with E-state index in [0.717, 1.165) is 38.2 Å². The summed E-state index contributed by atoms with van der Waals surface area (Å²) in [5.41, 5.74) is 3.55. The lowest BCUT2D eigenvalue weighted by atomic mass is 10.2. The van der Waals surface area contributed by atoms with E-state index < -0.39 is 0 Å². The average molecular weight is 382 g/mol. The molecule has 7 nitrogen and oxygen atoms in total. The average Bonchev–Trinajstić information content (AvgIpc) is 3.19. The lowest BCUT2D eigenvalue weighted by Crippen LogP contribution is -2.25. The van der Waals surface area contributed by atoms with Crippen molar-refractivity contribution in [3.05, 3.63) is 58.6 Å². The first-order chi connectivity index (χ1) is 13.2. The van der Waals surface area contributed by atoms with E-state index in [9.17, 15) is 4.79 Å².